The van der Waals surface area contributed by atoms with Gasteiger partial charge in [-0.05, 0) is 30.8 Å². The number of pyridine rings is 1. The van der Waals surface area contributed by atoms with Crippen molar-refractivity contribution >= 4 is 23.1 Å². The Kier molecular flexibility index (Phi) is 6.01. The first kappa shape index (κ1) is 19.9. The fourth-order valence-corrected chi connectivity index (χ4v) is 2.23. The third kappa shape index (κ3) is 4.59. The molecule has 2 aromatic rings. The number of aromatic nitrogens is 1. The lowest BCUT2D eigenvalue weighted by atomic mass is 10.1. The summed E-state index contributed by atoms with van der Waals surface area (Å²) in [7, 11) is 0. The van der Waals surface area contributed by atoms with Crippen LogP contribution in [0.1, 0.15) is 11.1 Å². The molecule has 11 heteroatoms. The number of thiocarbonyl (C=S) groups is 1. The Labute approximate surface area is 148 Å². The van der Waals surface area contributed by atoms with E-state index in [0.717, 1.165) is 18.3 Å². The largest absolute Gasteiger partial charge is 0.419 e. The maximum Gasteiger partial charge on any atom is 0.419 e. The zero-order valence-corrected chi connectivity index (χ0v) is 13.5. The van der Waals surface area contributed by atoms with Crippen molar-refractivity contribution < 1.29 is 30.7 Å². The van der Waals surface area contributed by atoms with Crippen LogP contribution in [0.15, 0.2) is 24.4 Å². The normalized spacial score (nSPS) is 11.3. The first-order chi connectivity index (χ1) is 12.1. The van der Waals surface area contributed by atoms with Crippen LogP contribution in [0.5, 0.6) is 0 Å². The molecule has 0 aliphatic carbocycles. The van der Waals surface area contributed by atoms with Gasteiger partial charge in [-0.25, -0.2) is 22.5 Å². The highest BCUT2D eigenvalue weighted by Crippen LogP contribution is 2.33. The summed E-state index contributed by atoms with van der Waals surface area (Å²) >= 11 is 4.79. The number of hydrogen-bond acceptors (Lipinski definition) is 2. The molecule has 3 nitrogen and oxygen atoms in total. The molecule has 0 atom stereocenters. The quantitative estimate of drug-likeness (QED) is 0.461. The van der Waals surface area contributed by atoms with Crippen LogP contribution in [-0.4, -0.2) is 16.6 Å². The van der Waals surface area contributed by atoms with Crippen LogP contribution in [0, 0.1) is 23.3 Å². The first-order valence-corrected chi connectivity index (χ1v) is 7.41. The zero-order valence-electron chi connectivity index (χ0n) is 12.7. The van der Waals surface area contributed by atoms with Gasteiger partial charge in [-0.2, -0.15) is 13.2 Å². The number of nitrogens with one attached hydrogen (secondary N) is 2. The van der Waals surface area contributed by atoms with E-state index in [4.69, 9.17) is 12.2 Å². The van der Waals surface area contributed by atoms with E-state index >= 15 is 0 Å². The Morgan fingerprint density at radius 2 is 1.69 bits per heavy atom. The fourth-order valence-electron chi connectivity index (χ4n) is 2.03. The average molecular weight is 397 g/mol. The number of anilines is 1. The van der Waals surface area contributed by atoms with Crippen molar-refractivity contribution in [2.24, 2.45) is 0 Å². The number of rotatable bonds is 4. The lowest BCUT2D eigenvalue weighted by Gasteiger charge is -2.15. The fraction of sp³-hybridized carbons (Fsp3) is 0.200. The van der Waals surface area contributed by atoms with Gasteiger partial charge in [-0.15, -0.1) is 0 Å². The van der Waals surface area contributed by atoms with Crippen molar-refractivity contribution in [3.8, 4) is 0 Å². The molecule has 0 fully saturated rings. The van der Waals surface area contributed by atoms with E-state index in [1.54, 1.807) is 0 Å². The second-order valence-electron chi connectivity index (χ2n) is 4.97. The third-order valence-corrected chi connectivity index (χ3v) is 3.45. The summed E-state index contributed by atoms with van der Waals surface area (Å²) in [5, 5.41) is 4.28. The summed E-state index contributed by atoms with van der Waals surface area (Å²) in [6.07, 6.45) is -4.06. The summed E-state index contributed by atoms with van der Waals surface area (Å²) < 4.78 is 91.7. The van der Waals surface area contributed by atoms with Crippen molar-refractivity contribution in [1.29, 1.82) is 0 Å². The third-order valence-electron chi connectivity index (χ3n) is 3.21. The molecule has 0 spiro atoms. The van der Waals surface area contributed by atoms with Crippen LogP contribution in [0.4, 0.5) is 36.6 Å². The lowest BCUT2D eigenvalue weighted by Crippen LogP contribution is -2.31. The molecule has 26 heavy (non-hydrogen) atoms. The van der Waals surface area contributed by atoms with Gasteiger partial charge in [-0.3, -0.25) is 0 Å². The van der Waals surface area contributed by atoms with Crippen LogP contribution >= 0.6 is 12.2 Å². The van der Waals surface area contributed by atoms with Gasteiger partial charge in [0, 0.05) is 24.4 Å². The summed E-state index contributed by atoms with van der Waals surface area (Å²) in [6, 6.07) is 1.96. The second-order valence-corrected chi connectivity index (χ2v) is 5.38. The van der Waals surface area contributed by atoms with Gasteiger partial charge >= 0.3 is 6.18 Å². The molecule has 140 valence electrons. The molecule has 1 heterocycles. The molecule has 2 N–H and O–H groups in total. The highest BCUT2D eigenvalue weighted by atomic mass is 32.1. The van der Waals surface area contributed by atoms with Crippen LogP contribution in [0.2, 0.25) is 0 Å². The van der Waals surface area contributed by atoms with E-state index in [-0.39, 0.29) is 17.7 Å². The van der Waals surface area contributed by atoms with E-state index in [2.05, 4.69) is 15.6 Å². The molecule has 0 bridgehead atoms. The van der Waals surface area contributed by atoms with Gasteiger partial charge < -0.3 is 10.6 Å². The first-order valence-electron chi connectivity index (χ1n) is 7.00. The highest BCUT2D eigenvalue weighted by molar-refractivity contribution is 7.80. The van der Waals surface area contributed by atoms with Gasteiger partial charge in [0.2, 0.25) is 0 Å². The van der Waals surface area contributed by atoms with E-state index in [1.807, 2.05) is 0 Å². The minimum Gasteiger partial charge on any atom is -0.362 e. The summed E-state index contributed by atoms with van der Waals surface area (Å²) in [4.78, 5) is 3.53. The maximum absolute atomic E-state index is 13.5. The van der Waals surface area contributed by atoms with Gasteiger partial charge in [0.25, 0.3) is 0 Å². The second kappa shape index (κ2) is 7.85. The molecule has 0 unspecified atom stereocenters. The topological polar surface area (TPSA) is 37.0 Å². The molecule has 2 rings (SSSR count). The number of alkyl halides is 3. The van der Waals surface area contributed by atoms with Gasteiger partial charge in [-0.1, -0.05) is 0 Å². The molecular formula is C15H10F7N3S. The Hall–Kier alpha value is -2.43. The smallest absolute Gasteiger partial charge is 0.362 e. The Balaban J connectivity index is 2.02. The van der Waals surface area contributed by atoms with Crippen molar-refractivity contribution in [3.63, 3.8) is 0 Å². The molecule has 0 saturated heterocycles. The van der Waals surface area contributed by atoms with Crippen molar-refractivity contribution in [3.05, 3.63) is 58.8 Å². The van der Waals surface area contributed by atoms with E-state index in [0.29, 0.717) is 0 Å². The standard InChI is InChI=1S/C15H10F7N3S/c16-9-6-10(17)12(19)7(11(9)18)3-5-24-14(26)25-13-8(15(20,21)22)2-1-4-23-13/h1-2,4,6H,3,5H2,(H2,23,24,25,26). The zero-order chi connectivity index (χ0) is 19.5. The number of halogens is 7. The van der Waals surface area contributed by atoms with Gasteiger partial charge in [0.05, 0.1) is 5.56 Å². The average Bonchev–Trinajstić information content (AvgIpc) is 2.55. The van der Waals surface area contributed by atoms with E-state index < -0.39 is 52.8 Å². The van der Waals surface area contributed by atoms with Crippen LogP contribution in [-0.2, 0) is 12.6 Å². The van der Waals surface area contributed by atoms with E-state index in [1.165, 1.54) is 0 Å². The SMILES string of the molecule is Fc1cc(F)c(F)c(CCNC(=S)Nc2ncccc2C(F)(F)F)c1F. The minimum atomic E-state index is -4.67. The predicted molar refractivity (Wildman–Crippen MR) is 83.4 cm³/mol. The molecule has 0 radical (unpaired) electrons. The van der Waals surface area contributed by atoms with Crippen LogP contribution in [0.3, 0.4) is 0 Å². The summed E-state index contributed by atoms with van der Waals surface area (Å²) in [5.74, 6) is -6.76. The van der Waals surface area contributed by atoms with Crippen molar-refractivity contribution in [1.82, 2.24) is 10.3 Å². The van der Waals surface area contributed by atoms with E-state index in [9.17, 15) is 30.7 Å². The Bertz CT molecular complexity index is 797. The molecule has 0 aliphatic rings. The number of hydrogen-bond donors (Lipinski definition) is 2. The molecule has 0 saturated carbocycles. The minimum absolute atomic E-state index is 0.0769. The highest BCUT2D eigenvalue weighted by Gasteiger charge is 2.34. The number of benzene rings is 1. The van der Waals surface area contributed by atoms with Crippen LogP contribution in [0.25, 0.3) is 0 Å². The lowest BCUT2D eigenvalue weighted by molar-refractivity contribution is -0.137. The van der Waals surface area contributed by atoms with Crippen molar-refractivity contribution in [2.75, 3.05) is 11.9 Å². The molecular weight excluding hydrogens is 387 g/mol. The molecule has 0 amide bonds. The van der Waals surface area contributed by atoms with Gasteiger partial charge in [0.1, 0.15) is 5.82 Å². The Morgan fingerprint density at radius 1 is 1.08 bits per heavy atom. The molecule has 0 aliphatic heterocycles. The van der Waals surface area contributed by atoms with Crippen LogP contribution < -0.4 is 10.6 Å². The summed E-state index contributed by atoms with van der Waals surface area (Å²) in [5.41, 5.74) is -1.90. The molecule has 1 aromatic heterocycles. The van der Waals surface area contributed by atoms with Crippen molar-refractivity contribution in [2.45, 2.75) is 12.6 Å². The van der Waals surface area contributed by atoms with Gasteiger partial charge in [0.15, 0.2) is 28.4 Å². The number of nitrogens with zero attached hydrogens (tertiary/aromatic N) is 1. The Morgan fingerprint density at radius 3 is 2.27 bits per heavy atom. The predicted octanol–water partition coefficient (Wildman–Crippen LogP) is 4.19. The maximum atomic E-state index is 13.5. The molecule has 1 aromatic carbocycles. The summed E-state index contributed by atoms with van der Waals surface area (Å²) in [6.45, 7) is -0.295. The monoisotopic (exact) mass is 397 g/mol.